The van der Waals surface area contributed by atoms with Crippen molar-refractivity contribution in [2.45, 2.75) is 13.5 Å². The SMILES string of the molecule is COc1cccc(Nc2nc(C)cc(N(Cc3ccccc3)c3ccccc3)n2)c1. The van der Waals surface area contributed by atoms with Crippen LogP contribution in [0.15, 0.2) is 91.0 Å². The lowest BCUT2D eigenvalue weighted by Crippen LogP contribution is -2.18. The normalized spacial score (nSPS) is 10.5. The number of para-hydroxylation sites is 1. The van der Waals surface area contributed by atoms with Gasteiger partial charge in [0.1, 0.15) is 11.6 Å². The number of ether oxygens (including phenoxy) is 1. The summed E-state index contributed by atoms with van der Waals surface area (Å²) in [5.41, 5.74) is 4.05. The number of benzene rings is 3. The van der Waals surface area contributed by atoms with Crippen LogP contribution in [0, 0.1) is 6.92 Å². The second-order valence-electron chi connectivity index (χ2n) is 6.96. The third-order valence-electron chi connectivity index (χ3n) is 4.69. The molecule has 5 nitrogen and oxygen atoms in total. The third-order valence-corrected chi connectivity index (χ3v) is 4.69. The molecule has 4 rings (SSSR count). The van der Waals surface area contributed by atoms with Crippen LogP contribution in [0.3, 0.4) is 0 Å². The quantitative estimate of drug-likeness (QED) is 0.423. The monoisotopic (exact) mass is 396 g/mol. The van der Waals surface area contributed by atoms with Crippen molar-refractivity contribution >= 4 is 23.1 Å². The molecule has 0 fully saturated rings. The first kappa shape index (κ1) is 19.5. The Bertz CT molecular complexity index is 1100. The first-order valence-corrected chi connectivity index (χ1v) is 9.84. The minimum atomic E-state index is 0.548. The van der Waals surface area contributed by atoms with Crippen LogP contribution in [-0.4, -0.2) is 17.1 Å². The molecule has 0 radical (unpaired) electrons. The lowest BCUT2D eigenvalue weighted by Gasteiger charge is -2.25. The van der Waals surface area contributed by atoms with Gasteiger partial charge in [-0.05, 0) is 36.8 Å². The van der Waals surface area contributed by atoms with Crippen molar-refractivity contribution in [1.82, 2.24) is 9.97 Å². The third kappa shape index (κ3) is 4.75. The van der Waals surface area contributed by atoms with Gasteiger partial charge in [0.15, 0.2) is 0 Å². The van der Waals surface area contributed by atoms with Gasteiger partial charge < -0.3 is 15.0 Å². The number of aromatic nitrogens is 2. The zero-order valence-electron chi connectivity index (χ0n) is 17.1. The van der Waals surface area contributed by atoms with E-state index in [1.165, 1.54) is 5.56 Å². The Hall–Kier alpha value is -3.86. The molecule has 0 spiro atoms. The Labute approximate surface area is 177 Å². The number of hydrogen-bond acceptors (Lipinski definition) is 5. The molecule has 1 aromatic heterocycles. The van der Waals surface area contributed by atoms with Crippen LogP contribution in [0.4, 0.5) is 23.1 Å². The van der Waals surface area contributed by atoms with E-state index in [9.17, 15) is 0 Å². The van der Waals surface area contributed by atoms with E-state index in [1.54, 1.807) is 7.11 Å². The molecule has 30 heavy (non-hydrogen) atoms. The predicted octanol–water partition coefficient (Wildman–Crippen LogP) is 5.88. The van der Waals surface area contributed by atoms with E-state index >= 15 is 0 Å². The highest BCUT2D eigenvalue weighted by atomic mass is 16.5. The number of hydrogen-bond donors (Lipinski definition) is 1. The van der Waals surface area contributed by atoms with Crippen LogP contribution >= 0.6 is 0 Å². The van der Waals surface area contributed by atoms with Gasteiger partial charge in [-0.25, -0.2) is 4.98 Å². The average molecular weight is 396 g/mol. The molecule has 5 heteroatoms. The van der Waals surface area contributed by atoms with Gasteiger partial charge in [0.2, 0.25) is 5.95 Å². The molecule has 0 unspecified atom stereocenters. The van der Waals surface area contributed by atoms with Crippen LogP contribution in [0.5, 0.6) is 5.75 Å². The van der Waals surface area contributed by atoms with Crippen LogP contribution in [0.1, 0.15) is 11.3 Å². The second kappa shape index (κ2) is 9.09. The zero-order chi connectivity index (χ0) is 20.8. The van der Waals surface area contributed by atoms with Crippen molar-refractivity contribution in [2.75, 3.05) is 17.3 Å². The maximum Gasteiger partial charge on any atom is 0.229 e. The van der Waals surface area contributed by atoms with Crippen LogP contribution < -0.4 is 15.0 Å². The minimum absolute atomic E-state index is 0.548. The fourth-order valence-corrected chi connectivity index (χ4v) is 3.25. The molecule has 0 bridgehead atoms. The van der Waals surface area contributed by atoms with Crippen LogP contribution in [0.25, 0.3) is 0 Å². The summed E-state index contributed by atoms with van der Waals surface area (Å²) in [5.74, 6) is 2.16. The van der Waals surface area contributed by atoms with Crippen molar-refractivity contribution in [1.29, 1.82) is 0 Å². The van der Waals surface area contributed by atoms with Gasteiger partial charge in [-0.15, -0.1) is 0 Å². The molecule has 0 aliphatic carbocycles. The van der Waals surface area contributed by atoms with Crippen LogP contribution in [-0.2, 0) is 6.54 Å². The summed E-state index contributed by atoms with van der Waals surface area (Å²) < 4.78 is 5.31. The van der Waals surface area contributed by atoms with Gasteiger partial charge >= 0.3 is 0 Å². The number of rotatable bonds is 7. The Balaban J connectivity index is 1.69. The Morgan fingerprint density at radius 1 is 0.833 bits per heavy atom. The molecule has 0 saturated carbocycles. The fraction of sp³-hybridized carbons (Fsp3) is 0.120. The molecule has 0 amide bonds. The van der Waals surface area contributed by atoms with Crippen molar-refractivity contribution in [3.05, 3.63) is 102 Å². The zero-order valence-corrected chi connectivity index (χ0v) is 17.1. The van der Waals surface area contributed by atoms with E-state index in [2.05, 4.69) is 51.6 Å². The summed E-state index contributed by atoms with van der Waals surface area (Å²) >= 11 is 0. The van der Waals surface area contributed by atoms with Gasteiger partial charge in [0, 0.05) is 35.7 Å². The highest BCUT2D eigenvalue weighted by molar-refractivity contribution is 5.63. The number of nitrogens with zero attached hydrogens (tertiary/aromatic N) is 3. The standard InChI is InChI=1S/C25H24N4O/c1-19-16-24(28-25(26-19)27-21-12-9-15-23(17-21)30-2)29(22-13-7-4-8-14-22)18-20-10-5-3-6-11-20/h3-17H,18H2,1-2H3,(H,26,27,28). The van der Waals surface area contributed by atoms with Crippen molar-refractivity contribution in [3.63, 3.8) is 0 Å². The number of nitrogens with one attached hydrogen (secondary N) is 1. The second-order valence-corrected chi connectivity index (χ2v) is 6.96. The van der Waals surface area contributed by atoms with E-state index in [-0.39, 0.29) is 0 Å². The molecular formula is C25H24N4O. The fourth-order valence-electron chi connectivity index (χ4n) is 3.25. The Kier molecular flexibility index (Phi) is 5.90. The van der Waals surface area contributed by atoms with Crippen LogP contribution in [0.2, 0.25) is 0 Å². The molecule has 0 atom stereocenters. The molecular weight excluding hydrogens is 372 g/mol. The molecule has 0 aliphatic rings. The van der Waals surface area contributed by atoms with E-state index in [1.807, 2.05) is 61.5 Å². The molecule has 3 aromatic carbocycles. The summed E-state index contributed by atoms with van der Waals surface area (Å²) in [6.45, 7) is 2.69. The van der Waals surface area contributed by atoms with Gasteiger partial charge in [0.25, 0.3) is 0 Å². The van der Waals surface area contributed by atoms with Crippen molar-refractivity contribution < 1.29 is 4.74 Å². The number of anilines is 4. The molecule has 0 aliphatic heterocycles. The minimum Gasteiger partial charge on any atom is -0.497 e. The first-order chi connectivity index (χ1) is 14.7. The smallest absolute Gasteiger partial charge is 0.229 e. The Morgan fingerprint density at radius 3 is 2.30 bits per heavy atom. The molecule has 1 N–H and O–H groups in total. The number of aryl methyl sites for hydroxylation is 1. The van der Waals surface area contributed by atoms with Crippen molar-refractivity contribution in [3.8, 4) is 5.75 Å². The van der Waals surface area contributed by atoms with Gasteiger partial charge in [-0.2, -0.15) is 4.98 Å². The number of methoxy groups -OCH3 is 1. The highest BCUT2D eigenvalue weighted by Crippen LogP contribution is 2.28. The van der Waals surface area contributed by atoms with Gasteiger partial charge in [-0.1, -0.05) is 54.6 Å². The molecule has 1 heterocycles. The Morgan fingerprint density at radius 2 is 1.57 bits per heavy atom. The molecule has 150 valence electrons. The molecule has 0 saturated heterocycles. The summed E-state index contributed by atoms with van der Waals surface area (Å²) in [7, 11) is 1.65. The average Bonchev–Trinajstić information content (AvgIpc) is 2.78. The summed E-state index contributed by atoms with van der Waals surface area (Å²) in [6.07, 6.45) is 0. The predicted molar refractivity (Wildman–Crippen MR) is 122 cm³/mol. The lowest BCUT2D eigenvalue weighted by atomic mass is 10.2. The van der Waals surface area contributed by atoms with E-state index in [0.29, 0.717) is 12.5 Å². The maximum absolute atomic E-state index is 5.31. The highest BCUT2D eigenvalue weighted by Gasteiger charge is 2.14. The lowest BCUT2D eigenvalue weighted by molar-refractivity contribution is 0.415. The summed E-state index contributed by atoms with van der Waals surface area (Å²) in [5, 5.41) is 3.30. The topological polar surface area (TPSA) is 50.3 Å². The first-order valence-electron chi connectivity index (χ1n) is 9.84. The summed E-state index contributed by atoms with van der Waals surface area (Å²) in [4.78, 5) is 11.6. The largest absolute Gasteiger partial charge is 0.497 e. The van der Waals surface area contributed by atoms with Gasteiger partial charge in [-0.3, -0.25) is 0 Å². The van der Waals surface area contributed by atoms with Gasteiger partial charge in [0.05, 0.1) is 7.11 Å². The summed E-state index contributed by atoms with van der Waals surface area (Å²) in [6, 6.07) is 30.4. The van der Waals surface area contributed by atoms with E-state index < -0.39 is 0 Å². The maximum atomic E-state index is 5.31. The van der Waals surface area contributed by atoms with E-state index in [4.69, 9.17) is 9.72 Å². The molecule has 4 aromatic rings. The van der Waals surface area contributed by atoms with Crippen molar-refractivity contribution in [2.24, 2.45) is 0 Å². The van der Waals surface area contributed by atoms with E-state index in [0.717, 1.165) is 28.6 Å².